The largest absolute Gasteiger partial charge is 0.459 e. The highest BCUT2D eigenvalue weighted by Gasteiger charge is 2.76. The fourth-order valence-corrected chi connectivity index (χ4v) is 4.97. The maximum absolute atomic E-state index is 12.2. The van der Waals surface area contributed by atoms with Gasteiger partial charge in [0.2, 0.25) is 0 Å². The zero-order valence-electron chi connectivity index (χ0n) is 31.2. The van der Waals surface area contributed by atoms with E-state index in [0.29, 0.717) is 0 Å². The van der Waals surface area contributed by atoms with Gasteiger partial charge in [0.25, 0.3) is 40.5 Å². The van der Waals surface area contributed by atoms with Crippen molar-refractivity contribution in [1.82, 2.24) is 0 Å². The van der Waals surface area contributed by atoms with Gasteiger partial charge in [-0.15, -0.1) is 0 Å². The van der Waals surface area contributed by atoms with Gasteiger partial charge in [-0.2, -0.15) is 157 Å². The van der Waals surface area contributed by atoms with E-state index in [9.17, 15) is 157 Å². The molecule has 0 aliphatic carbocycles. The second-order valence-corrected chi connectivity index (χ2v) is 18.0. The SMILES string of the molecule is O=S(=O)(O)CC(F)(F)C(F)(F)C(F)(F)F.O=S(=O)(O)CC(F)(F)C(F)(F)C(F)(F)F.O=S(=O)(O)CC(F)(F)C(F)(F)C(F)(F)F.O=S(=O)(O)CC(F)(F)C(F)(F)C(F)(F)F.OCC(CO)(CO)CO. The van der Waals surface area contributed by atoms with Crippen LogP contribution in [0.3, 0.4) is 0 Å². The molecule has 0 radical (unpaired) electrons. The lowest BCUT2D eigenvalue weighted by Crippen LogP contribution is -2.55. The summed E-state index contributed by atoms with van der Waals surface area (Å²) in [5.41, 5.74) is -1.11. The third-order valence-corrected chi connectivity index (χ3v) is 8.97. The van der Waals surface area contributed by atoms with Crippen LogP contribution < -0.4 is 0 Å². The maximum atomic E-state index is 12.2. The van der Waals surface area contributed by atoms with E-state index < -0.39 is 167 Å². The van der Waals surface area contributed by atoms with Crippen LogP contribution >= 0.6 is 0 Å². The third-order valence-electron chi connectivity index (χ3n) is 6.06. The first-order valence-corrected chi connectivity index (χ1v) is 21.0. The van der Waals surface area contributed by atoms with E-state index in [-0.39, 0.29) is 0 Å². The van der Waals surface area contributed by atoms with Crippen molar-refractivity contribution >= 4 is 40.5 Å². The first kappa shape index (κ1) is 75.5. The molecule has 0 heterocycles. The summed E-state index contributed by atoms with van der Waals surface area (Å²) in [5.74, 6) is -61.9. The van der Waals surface area contributed by atoms with Gasteiger partial charge in [-0.1, -0.05) is 0 Å². The van der Waals surface area contributed by atoms with Gasteiger partial charge in [0.1, 0.15) is 23.0 Å². The molecule has 0 atom stereocenters. The van der Waals surface area contributed by atoms with Crippen LogP contribution in [0.2, 0.25) is 0 Å². The molecular formula is C21H24F28O16S4. The first-order valence-electron chi connectivity index (χ1n) is 14.6. The number of halogens is 28. The molecule has 8 N–H and O–H groups in total. The van der Waals surface area contributed by atoms with E-state index in [2.05, 4.69) is 0 Å². The molecule has 0 aromatic rings. The molecule has 0 saturated heterocycles. The van der Waals surface area contributed by atoms with E-state index in [4.69, 9.17) is 38.6 Å². The van der Waals surface area contributed by atoms with Gasteiger partial charge in [-0.3, -0.25) is 18.2 Å². The molecule has 0 aromatic heterocycles. The molecule has 0 amide bonds. The average molecular weight is 1190 g/mol. The van der Waals surface area contributed by atoms with Crippen LogP contribution in [0, 0.1) is 5.41 Å². The van der Waals surface area contributed by atoms with E-state index in [1.807, 2.05) is 0 Å². The third kappa shape index (κ3) is 23.7. The van der Waals surface area contributed by atoms with Crippen LogP contribution in [0.15, 0.2) is 0 Å². The molecule has 0 spiro atoms. The fraction of sp³-hybridized carbons (Fsp3) is 1.00. The van der Waals surface area contributed by atoms with E-state index in [1.165, 1.54) is 0 Å². The summed E-state index contributed by atoms with van der Waals surface area (Å²) < 4.78 is 440. The van der Waals surface area contributed by atoms with Crippen molar-refractivity contribution in [3.05, 3.63) is 0 Å². The summed E-state index contributed by atoms with van der Waals surface area (Å²) >= 11 is 0. The highest BCUT2D eigenvalue weighted by atomic mass is 32.2. The molecule has 0 saturated carbocycles. The molecule has 16 nitrogen and oxygen atoms in total. The molecule has 0 aliphatic rings. The van der Waals surface area contributed by atoms with Crippen molar-refractivity contribution in [3.8, 4) is 0 Å². The van der Waals surface area contributed by atoms with Crippen molar-refractivity contribution in [2.45, 2.75) is 72.1 Å². The topological polar surface area (TPSA) is 298 Å². The smallest absolute Gasteiger partial charge is 0.396 e. The van der Waals surface area contributed by atoms with E-state index in [1.54, 1.807) is 0 Å². The number of alkyl halides is 28. The Hall–Kier alpha value is -2.48. The highest BCUT2D eigenvalue weighted by molar-refractivity contribution is 7.86. The molecule has 0 aromatic carbocycles. The van der Waals surface area contributed by atoms with Crippen molar-refractivity contribution in [2.24, 2.45) is 5.41 Å². The average Bonchev–Trinajstić information content (AvgIpc) is 3.00. The molecule has 0 aliphatic heterocycles. The second-order valence-electron chi connectivity index (χ2n) is 12.1. The summed E-state index contributed by atoms with van der Waals surface area (Å²) in [6, 6.07) is 0. The van der Waals surface area contributed by atoms with Crippen molar-refractivity contribution in [2.75, 3.05) is 49.4 Å². The second kappa shape index (κ2) is 23.6. The van der Waals surface area contributed by atoms with Gasteiger partial charge < -0.3 is 20.4 Å². The number of hydrogen-bond donors (Lipinski definition) is 8. The minimum Gasteiger partial charge on any atom is -0.396 e. The predicted molar refractivity (Wildman–Crippen MR) is 160 cm³/mol. The Morgan fingerprint density at radius 2 is 0.348 bits per heavy atom. The Morgan fingerprint density at radius 3 is 0.391 bits per heavy atom. The maximum Gasteiger partial charge on any atom is 0.459 e. The number of hydrogen-bond acceptors (Lipinski definition) is 12. The molecule has 48 heteroatoms. The summed E-state index contributed by atoms with van der Waals surface area (Å²) in [6.07, 6.45) is -26.4. The predicted octanol–water partition coefficient (Wildman–Crippen LogP) is 4.77. The van der Waals surface area contributed by atoms with Crippen LogP contribution in [0.5, 0.6) is 0 Å². The normalized spacial score (nSPS) is 15.0. The highest BCUT2D eigenvalue weighted by Crippen LogP contribution is 2.50. The van der Waals surface area contributed by atoms with Crippen LogP contribution in [0.4, 0.5) is 123 Å². The molecule has 0 rings (SSSR count). The van der Waals surface area contributed by atoms with Crippen molar-refractivity contribution in [3.63, 3.8) is 0 Å². The monoisotopic (exact) mass is 1190 g/mol. The van der Waals surface area contributed by atoms with Crippen molar-refractivity contribution in [1.29, 1.82) is 0 Å². The van der Waals surface area contributed by atoms with Gasteiger partial charge in [0.15, 0.2) is 0 Å². The molecule has 0 fully saturated rings. The lowest BCUT2D eigenvalue weighted by Gasteiger charge is -2.26. The zero-order chi connectivity index (χ0) is 58.2. The summed E-state index contributed by atoms with van der Waals surface area (Å²) in [6.45, 7) is -1.62. The van der Waals surface area contributed by atoms with Gasteiger partial charge in [-0.25, -0.2) is 0 Å². The van der Waals surface area contributed by atoms with Crippen LogP contribution in [-0.2, 0) is 40.5 Å². The number of aliphatic hydroxyl groups excluding tert-OH is 4. The van der Waals surface area contributed by atoms with Crippen molar-refractivity contribution < 1.29 is 195 Å². The lowest BCUT2D eigenvalue weighted by atomic mass is 9.93. The van der Waals surface area contributed by atoms with Gasteiger partial charge >= 0.3 is 72.1 Å². The Morgan fingerprint density at radius 1 is 0.246 bits per heavy atom. The molecule has 424 valence electrons. The Balaban J connectivity index is -0.000000250. The number of rotatable bonds is 16. The van der Waals surface area contributed by atoms with E-state index >= 15 is 0 Å². The molecular weight excluding hydrogens is 1170 g/mol. The van der Waals surface area contributed by atoms with Gasteiger partial charge in [0, 0.05) is 0 Å². The molecule has 0 unspecified atom stereocenters. The fourth-order valence-electron chi connectivity index (χ4n) is 2.41. The van der Waals surface area contributed by atoms with Gasteiger partial charge in [-0.05, 0) is 0 Å². The molecule has 69 heavy (non-hydrogen) atoms. The molecule has 0 bridgehead atoms. The van der Waals surface area contributed by atoms with Crippen LogP contribution in [0.25, 0.3) is 0 Å². The Bertz CT molecular complexity index is 1750. The van der Waals surface area contributed by atoms with Crippen LogP contribution in [0.1, 0.15) is 0 Å². The quantitative estimate of drug-likeness (QED) is 0.0763. The van der Waals surface area contributed by atoms with Crippen LogP contribution in [-0.4, -0.2) is 194 Å². The van der Waals surface area contributed by atoms with Gasteiger partial charge in [0.05, 0.1) is 31.8 Å². The standard InChI is InChI=1S/C5H12O4.4C4H3F7O3S/c6-1-5(2-7,3-8)4-9;4*5-2(6,1-15(12,13)14)3(7,8)4(9,10)11/h6-9H,1-4H2;4*1H2,(H,12,13,14). The Kier molecular flexibility index (Phi) is 25.8. The minimum atomic E-state index is -6.61. The summed E-state index contributed by atoms with van der Waals surface area (Å²) in [4.78, 5) is 0. The first-order chi connectivity index (χ1) is 29.1. The Labute approximate surface area is 362 Å². The lowest BCUT2D eigenvalue weighted by molar-refractivity contribution is -0.348. The number of aliphatic hydroxyl groups is 4. The summed E-state index contributed by atoms with van der Waals surface area (Å²) in [5, 5.41) is 34.0. The van der Waals surface area contributed by atoms with E-state index in [0.717, 1.165) is 0 Å². The zero-order valence-corrected chi connectivity index (χ0v) is 34.5. The summed E-state index contributed by atoms with van der Waals surface area (Å²) in [7, 11) is -22.6. The minimum absolute atomic E-state index is 0.406.